The molecule has 13 heavy (non-hydrogen) atoms. The lowest BCUT2D eigenvalue weighted by Gasteiger charge is -2.08. The molecule has 0 fully saturated rings. The molecule has 3 heteroatoms. The van der Waals surface area contributed by atoms with Crippen LogP contribution in [0.2, 0.25) is 0 Å². The fourth-order valence-corrected chi connectivity index (χ4v) is 1.01. The van der Waals surface area contributed by atoms with Gasteiger partial charge in [-0.25, -0.2) is 4.98 Å². The molecule has 0 radical (unpaired) electrons. The highest BCUT2D eigenvalue weighted by Gasteiger charge is 2.00. The number of alkyl halides is 1. The van der Waals surface area contributed by atoms with Crippen LogP contribution in [0.3, 0.4) is 0 Å². The average molecular weight is 199 g/mol. The summed E-state index contributed by atoms with van der Waals surface area (Å²) in [5, 5.41) is 3.36. The molecule has 0 bridgehead atoms. The second-order valence-electron chi connectivity index (χ2n) is 3.11. The molecular weight excluding hydrogens is 184 g/mol. The predicted octanol–water partition coefficient (Wildman–Crippen LogP) is 2.82. The summed E-state index contributed by atoms with van der Waals surface area (Å²) in [5.74, 6) is 0.893. The lowest BCUT2D eigenvalue weighted by atomic mass is 10.3. The smallest absolute Gasteiger partial charge is 0.125 e. The zero-order valence-corrected chi connectivity index (χ0v) is 8.80. The van der Waals surface area contributed by atoms with E-state index in [2.05, 4.69) is 17.2 Å². The number of pyridine rings is 1. The first kappa shape index (κ1) is 10.3. The molecule has 1 unspecified atom stereocenters. The van der Waals surface area contributed by atoms with E-state index in [0.29, 0.717) is 0 Å². The van der Waals surface area contributed by atoms with E-state index in [4.69, 9.17) is 11.6 Å². The Bertz CT molecular complexity index is 246. The van der Waals surface area contributed by atoms with Gasteiger partial charge in [-0.3, -0.25) is 0 Å². The Kier molecular flexibility index (Phi) is 4.03. The summed E-state index contributed by atoms with van der Waals surface area (Å²) in [6.07, 6.45) is 2.82. The zero-order valence-electron chi connectivity index (χ0n) is 8.05. The van der Waals surface area contributed by atoms with Gasteiger partial charge in [0.05, 0.1) is 5.38 Å². The van der Waals surface area contributed by atoms with Crippen molar-refractivity contribution >= 4 is 17.4 Å². The molecule has 1 aromatic rings. The van der Waals surface area contributed by atoms with E-state index in [1.165, 1.54) is 5.56 Å². The molecule has 1 atom stereocenters. The summed E-state index contributed by atoms with van der Waals surface area (Å²) in [4.78, 5) is 4.21. The van der Waals surface area contributed by atoms with Gasteiger partial charge < -0.3 is 5.32 Å². The van der Waals surface area contributed by atoms with Crippen molar-refractivity contribution in [2.75, 3.05) is 11.9 Å². The Morgan fingerprint density at radius 2 is 2.31 bits per heavy atom. The molecule has 0 spiro atoms. The van der Waals surface area contributed by atoms with Crippen LogP contribution in [-0.2, 0) is 0 Å². The Morgan fingerprint density at radius 1 is 1.54 bits per heavy atom. The first-order valence-corrected chi connectivity index (χ1v) is 4.96. The lowest BCUT2D eigenvalue weighted by Crippen LogP contribution is -2.13. The van der Waals surface area contributed by atoms with Gasteiger partial charge in [0, 0.05) is 12.7 Å². The van der Waals surface area contributed by atoms with Gasteiger partial charge in [0.1, 0.15) is 5.82 Å². The third kappa shape index (κ3) is 3.64. The predicted molar refractivity (Wildman–Crippen MR) is 57.4 cm³/mol. The second kappa shape index (κ2) is 5.07. The third-order valence-corrected chi connectivity index (χ3v) is 2.32. The molecule has 1 rings (SSSR count). The van der Waals surface area contributed by atoms with Crippen molar-refractivity contribution < 1.29 is 0 Å². The van der Waals surface area contributed by atoms with Crippen LogP contribution in [0.4, 0.5) is 5.82 Å². The quantitative estimate of drug-likeness (QED) is 0.753. The molecule has 0 saturated carbocycles. The molecule has 0 aromatic carbocycles. The lowest BCUT2D eigenvalue weighted by molar-refractivity contribution is 0.840. The number of hydrogen-bond acceptors (Lipinski definition) is 2. The Labute approximate surface area is 84.3 Å². The number of aromatic nitrogens is 1. The van der Waals surface area contributed by atoms with Crippen LogP contribution in [-0.4, -0.2) is 16.9 Å². The van der Waals surface area contributed by atoms with Gasteiger partial charge in [0.15, 0.2) is 0 Å². The van der Waals surface area contributed by atoms with Crippen molar-refractivity contribution in [3.8, 4) is 0 Å². The minimum absolute atomic E-state index is 0.183. The molecule has 1 heterocycles. The van der Waals surface area contributed by atoms with Gasteiger partial charge in [-0.15, -0.1) is 11.6 Å². The van der Waals surface area contributed by atoms with Crippen molar-refractivity contribution in [2.24, 2.45) is 0 Å². The van der Waals surface area contributed by atoms with Crippen molar-refractivity contribution in [3.05, 3.63) is 23.9 Å². The van der Waals surface area contributed by atoms with E-state index in [1.54, 1.807) is 0 Å². The minimum atomic E-state index is 0.183. The maximum Gasteiger partial charge on any atom is 0.125 e. The van der Waals surface area contributed by atoms with Crippen LogP contribution in [0.5, 0.6) is 0 Å². The van der Waals surface area contributed by atoms with Gasteiger partial charge in [-0.05, 0) is 25.0 Å². The normalized spacial score (nSPS) is 12.5. The Balaban J connectivity index is 2.41. The van der Waals surface area contributed by atoms with Crippen LogP contribution in [0, 0.1) is 6.92 Å². The van der Waals surface area contributed by atoms with Gasteiger partial charge in [-0.1, -0.05) is 13.0 Å². The number of nitrogens with one attached hydrogen (secondary N) is 1. The molecule has 72 valence electrons. The van der Waals surface area contributed by atoms with Gasteiger partial charge >= 0.3 is 0 Å². The Hall–Kier alpha value is -0.760. The van der Waals surface area contributed by atoms with E-state index in [0.717, 1.165) is 18.8 Å². The summed E-state index contributed by atoms with van der Waals surface area (Å²) in [7, 11) is 0. The van der Waals surface area contributed by atoms with Crippen LogP contribution < -0.4 is 5.32 Å². The summed E-state index contributed by atoms with van der Waals surface area (Å²) in [6.45, 7) is 4.86. The SMILES string of the molecule is CCC(Cl)CNc1ccc(C)cn1. The number of rotatable bonds is 4. The maximum atomic E-state index is 5.96. The second-order valence-corrected chi connectivity index (χ2v) is 3.72. The third-order valence-electron chi connectivity index (χ3n) is 1.86. The molecule has 0 aliphatic rings. The first-order valence-electron chi connectivity index (χ1n) is 4.53. The van der Waals surface area contributed by atoms with Crippen molar-refractivity contribution in [3.63, 3.8) is 0 Å². The van der Waals surface area contributed by atoms with Gasteiger partial charge in [-0.2, -0.15) is 0 Å². The highest BCUT2D eigenvalue weighted by atomic mass is 35.5. The van der Waals surface area contributed by atoms with Crippen LogP contribution >= 0.6 is 11.6 Å². The molecule has 1 aromatic heterocycles. The highest BCUT2D eigenvalue weighted by Crippen LogP contribution is 2.06. The number of hydrogen-bond donors (Lipinski definition) is 1. The van der Waals surface area contributed by atoms with E-state index in [-0.39, 0.29) is 5.38 Å². The standard InChI is InChI=1S/C10H15ClN2/c1-3-9(11)7-13-10-5-4-8(2)6-12-10/h4-6,9H,3,7H2,1-2H3,(H,12,13). The summed E-state index contributed by atoms with van der Waals surface area (Å²) in [5.41, 5.74) is 1.17. The largest absolute Gasteiger partial charge is 0.369 e. The number of nitrogens with zero attached hydrogens (tertiary/aromatic N) is 1. The summed E-state index contributed by atoms with van der Waals surface area (Å²) >= 11 is 5.96. The van der Waals surface area contributed by atoms with Gasteiger partial charge in [0.2, 0.25) is 0 Å². The van der Waals surface area contributed by atoms with Crippen molar-refractivity contribution in [1.29, 1.82) is 0 Å². The van der Waals surface area contributed by atoms with Crippen LogP contribution in [0.25, 0.3) is 0 Å². The van der Waals surface area contributed by atoms with E-state index < -0.39 is 0 Å². The summed E-state index contributed by atoms with van der Waals surface area (Å²) < 4.78 is 0. The topological polar surface area (TPSA) is 24.9 Å². The molecule has 0 amide bonds. The van der Waals surface area contributed by atoms with Crippen molar-refractivity contribution in [1.82, 2.24) is 4.98 Å². The van der Waals surface area contributed by atoms with Crippen LogP contribution in [0.15, 0.2) is 18.3 Å². The van der Waals surface area contributed by atoms with E-state index >= 15 is 0 Å². The average Bonchev–Trinajstić information content (AvgIpc) is 2.16. The molecule has 1 N–H and O–H groups in total. The molecule has 0 saturated heterocycles. The highest BCUT2D eigenvalue weighted by molar-refractivity contribution is 6.20. The number of anilines is 1. The van der Waals surface area contributed by atoms with Gasteiger partial charge in [0.25, 0.3) is 0 Å². The Morgan fingerprint density at radius 3 is 2.85 bits per heavy atom. The van der Waals surface area contributed by atoms with E-state index in [1.807, 2.05) is 25.3 Å². The summed E-state index contributed by atoms with van der Waals surface area (Å²) in [6, 6.07) is 4.00. The fraction of sp³-hybridized carbons (Fsp3) is 0.500. The minimum Gasteiger partial charge on any atom is -0.369 e. The fourth-order valence-electron chi connectivity index (χ4n) is 0.932. The number of aryl methyl sites for hydroxylation is 1. The molecule has 2 nitrogen and oxygen atoms in total. The monoisotopic (exact) mass is 198 g/mol. The van der Waals surface area contributed by atoms with Crippen LogP contribution in [0.1, 0.15) is 18.9 Å². The first-order chi connectivity index (χ1) is 6.22. The van der Waals surface area contributed by atoms with E-state index in [9.17, 15) is 0 Å². The maximum absolute atomic E-state index is 5.96. The molecular formula is C10H15ClN2. The molecule has 0 aliphatic heterocycles. The van der Waals surface area contributed by atoms with Crippen molar-refractivity contribution in [2.45, 2.75) is 25.6 Å². The zero-order chi connectivity index (χ0) is 9.68. The number of halogens is 1. The molecule has 0 aliphatic carbocycles.